The fourth-order valence-corrected chi connectivity index (χ4v) is 3.24. The molecule has 28 heavy (non-hydrogen) atoms. The summed E-state index contributed by atoms with van der Waals surface area (Å²) >= 11 is 0. The molecule has 0 bridgehead atoms. The van der Waals surface area contributed by atoms with Crippen LogP contribution in [0.15, 0.2) is 45.4 Å². The second-order valence-electron chi connectivity index (χ2n) is 6.67. The van der Waals surface area contributed by atoms with Crippen LogP contribution in [0.1, 0.15) is 22.0 Å². The number of carbonyl (C=O) groups excluding carboxylic acids is 1. The topological polar surface area (TPSA) is 62.7 Å². The maximum atomic E-state index is 14.0. The molecule has 2 aromatic heterocycles. The van der Waals surface area contributed by atoms with Gasteiger partial charge >= 0.3 is 0 Å². The number of halogens is 2. The lowest BCUT2D eigenvalue weighted by molar-refractivity contribution is 0.0596. The Morgan fingerprint density at radius 3 is 2.64 bits per heavy atom. The Morgan fingerprint density at radius 2 is 1.93 bits per heavy atom. The number of oxazole rings is 1. The number of piperazine rings is 1. The van der Waals surface area contributed by atoms with Crippen LogP contribution >= 0.6 is 0 Å². The number of aryl methyl sites for hydroxylation is 1. The summed E-state index contributed by atoms with van der Waals surface area (Å²) < 4.78 is 38.2. The molecule has 0 atom stereocenters. The molecule has 0 aliphatic carbocycles. The first-order valence-corrected chi connectivity index (χ1v) is 8.99. The molecule has 146 valence electrons. The molecule has 3 aromatic rings. The fraction of sp³-hybridized carbons (Fsp3) is 0.300. The minimum atomic E-state index is -0.972. The molecule has 1 aliphatic rings. The van der Waals surface area contributed by atoms with Crippen LogP contribution in [-0.4, -0.2) is 46.9 Å². The second kappa shape index (κ2) is 7.55. The third-order valence-corrected chi connectivity index (χ3v) is 4.84. The first kappa shape index (κ1) is 18.4. The van der Waals surface area contributed by atoms with Gasteiger partial charge in [0, 0.05) is 32.7 Å². The Kier molecular flexibility index (Phi) is 4.95. The van der Waals surface area contributed by atoms with Crippen LogP contribution in [0.5, 0.6) is 0 Å². The number of hydrogen-bond acceptors (Lipinski definition) is 5. The van der Waals surface area contributed by atoms with E-state index in [-0.39, 0.29) is 17.4 Å². The van der Waals surface area contributed by atoms with E-state index in [4.69, 9.17) is 8.83 Å². The van der Waals surface area contributed by atoms with Gasteiger partial charge in [0.05, 0.1) is 17.5 Å². The van der Waals surface area contributed by atoms with Crippen LogP contribution in [0.25, 0.3) is 11.5 Å². The predicted molar refractivity (Wildman–Crippen MR) is 96.5 cm³/mol. The van der Waals surface area contributed by atoms with Crippen molar-refractivity contribution in [1.82, 2.24) is 14.8 Å². The van der Waals surface area contributed by atoms with Gasteiger partial charge in [-0.05, 0) is 31.2 Å². The van der Waals surface area contributed by atoms with Gasteiger partial charge in [0.25, 0.3) is 5.91 Å². The van der Waals surface area contributed by atoms with Gasteiger partial charge < -0.3 is 13.7 Å². The third kappa shape index (κ3) is 3.55. The molecule has 1 aliphatic heterocycles. The molecule has 3 heterocycles. The number of amides is 1. The number of aromatic nitrogens is 1. The van der Waals surface area contributed by atoms with Gasteiger partial charge in [-0.1, -0.05) is 6.07 Å². The van der Waals surface area contributed by atoms with Crippen molar-refractivity contribution in [3.63, 3.8) is 0 Å². The highest BCUT2D eigenvalue weighted by Crippen LogP contribution is 2.26. The van der Waals surface area contributed by atoms with Crippen LogP contribution in [0.4, 0.5) is 8.78 Å². The van der Waals surface area contributed by atoms with E-state index in [1.165, 1.54) is 18.4 Å². The lowest BCUT2D eigenvalue weighted by Gasteiger charge is -2.33. The summed E-state index contributed by atoms with van der Waals surface area (Å²) in [6, 6.07) is 7.25. The van der Waals surface area contributed by atoms with Gasteiger partial charge in [-0.15, -0.1) is 0 Å². The Hall–Kier alpha value is -3.00. The molecule has 0 spiro atoms. The van der Waals surface area contributed by atoms with Crippen molar-refractivity contribution in [2.45, 2.75) is 13.5 Å². The quantitative estimate of drug-likeness (QED) is 0.686. The van der Waals surface area contributed by atoms with Crippen molar-refractivity contribution < 1.29 is 22.4 Å². The highest BCUT2D eigenvalue weighted by molar-refractivity contribution is 5.91. The number of rotatable bonds is 4. The summed E-state index contributed by atoms with van der Waals surface area (Å²) in [5.41, 5.74) is 0.674. The van der Waals surface area contributed by atoms with Crippen LogP contribution in [-0.2, 0) is 6.54 Å². The molecular weight excluding hydrogens is 368 g/mol. The van der Waals surface area contributed by atoms with Gasteiger partial charge in [-0.2, -0.15) is 0 Å². The average Bonchev–Trinajstić information content (AvgIpc) is 3.35. The number of benzene rings is 1. The molecule has 1 saturated heterocycles. The maximum absolute atomic E-state index is 14.0. The van der Waals surface area contributed by atoms with E-state index >= 15 is 0 Å². The summed E-state index contributed by atoms with van der Waals surface area (Å²) in [4.78, 5) is 20.6. The van der Waals surface area contributed by atoms with E-state index in [9.17, 15) is 13.6 Å². The number of hydrogen-bond donors (Lipinski definition) is 0. The van der Waals surface area contributed by atoms with Crippen molar-refractivity contribution in [1.29, 1.82) is 0 Å². The minimum Gasteiger partial charge on any atom is -0.459 e. The second-order valence-corrected chi connectivity index (χ2v) is 6.67. The summed E-state index contributed by atoms with van der Waals surface area (Å²) in [6.07, 6.45) is 1.48. The summed E-state index contributed by atoms with van der Waals surface area (Å²) in [5.74, 6) is -1.06. The van der Waals surface area contributed by atoms with Gasteiger partial charge in [0.1, 0.15) is 5.76 Å². The van der Waals surface area contributed by atoms with Crippen LogP contribution in [0, 0.1) is 18.6 Å². The Bertz CT molecular complexity index is 977. The Morgan fingerprint density at radius 1 is 1.14 bits per heavy atom. The molecule has 1 fully saturated rings. The Labute approximate surface area is 160 Å². The van der Waals surface area contributed by atoms with Crippen LogP contribution in [0.2, 0.25) is 0 Å². The van der Waals surface area contributed by atoms with E-state index in [0.717, 1.165) is 6.07 Å². The van der Waals surface area contributed by atoms with E-state index in [2.05, 4.69) is 9.88 Å². The zero-order valence-electron chi connectivity index (χ0n) is 15.3. The highest BCUT2D eigenvalue weighted by Gasteiger charge is 2.25. The van der Waals surface area contributed by atoms with E-state index in [0.29, 0.717) is 49.9 Å². The lowest BCUT2D eigenvalue weighted by Crippen LogP contribution is -2.48. The van der Waals surface area contributed by atoms with Crippen molar-refractivity contribution in [2.75, 3.05) is 26.2 Å². The molecule has 0 saturated carbocycles. The van der Waals surface area contributed by atoms with Crippen molar-refractivity contribution in [2.24, 2.45) is 0 Å². The first-order chi connectivity index (χ1) is 13.5. The van der Waals surface area contributed by atoms with E-state index < -0.39 is 11.6 Å². The smallest absolute Gasteiger partial charge is 0.289 e. The van der Waals surface area contributed by atoms with E-state index in [1.807, 2.05) is 0 Å². The standard InChI is InChI=1S/C20H19F2N3O3/c1-13-16(23-19(28-13)14-4-2-5-15(21)18(14)22)12-24-7-9-25(10-8-24)20(26)17-6-3-11-27-17/h2-6,11H,7-10,12H2,1H3. The zero-order valence-corrected chi connectivity index (χ0v) is 15.3. The zero-order chi connectivity index (χ0) is 19.7. The van der Waals surface area contributed by atoms with Gasteiger partial charge in [-0.3, -0.25) is 9.69 Å². The van der Waals surface area contributed by atoms with Crippen LogP contribution < -0.4 is 0 Å². The Balaban J connectivity index is 1.41. The van der Waals surface area contributed by atoms with E-state index in [1.54, 1.807) is 24.0 Å². The summed E-state index contributed by atoms with van der Waals surface area (Å²) in [7, 11) is 0. The molecular formula is C20H19F2N3O3. The monoisotopic (exact) mass is 387 g/mol. The number of furan rings is 1. The van der Waals surface area contributed by atoms with Crippen molar-refractivity contribution in [3.8, 4) is 11.5 Å². The SMILES string of the molecule is Cc1oc(-c2cccc(F)c2F)nc1CN1CCN(C(=O)c2ccco2)CC1. The van der Waals surface area contributed by atoms with Gasteiger partial charge in [0.2, 0.25) is 5.89 Å². The van der Waals surface area contributed by atoms with Crippen molar-refractivity contribution >= 4 is 5.91 Å². The minimum absolute atomic E-state index is 0.00298. The molecule has 4 rings (SSSR count). The number of nitrogens with zero attached hydrogens (tertiary/aromatic N) is 3. The van der Waals surface area contributed by atoms with Crippen molar-refractivity contribution in [3.05, 3.63) is 65.4 Å². The third-order valence-electron chi connectivity index (χ3n) is 4.84. The summed E-state index contributed by atoms with van der Waals surface area (Å²) in [5, 5.41) is 0. The molecule has 0 N–H and O–H groups in total. The first-order valence-electron chi connectivity index (χ1n) is 8.99. The molecule has 1 amide bonds. The molecule has 8 heteroatoms. The maximum Gasteiger partial charge on any atom is 0.289 e. The van der Waals surface area contributed by atoms with Gasteiger partial charge in [0.15, 0.2) is 17.4 Å². The lowest BCUT2D eigenvalue weighted by atomic mass is 10.2. The molecule has 0 unspecified atom stereocenters. The van der Waals surface area contributed by atoms with Gasteiger partial charge in [-0.25, -0.2) is 13.8 Å². The molecule has 6 nitrogen and oxygen atoms in total. The predicted octanol–water partition coefficient (Wildman–Crippen LogP) is 3.48. The number of carbonyl (C=O) groups is 1. The average molecular weight is 387 g/mol. The molecule has 1 aromatic carbocycles. The summed E-state index contributed by atoms with van der Waals surface area (Å²) in [6.45, 7) is 4.74. The largest absolute Gasteiger partial charge is 0.459 e. The highest BCUT2D eigenvalue weighted by atomic mass is 19.2. The normalized spacial score (nSPS) is 15.2. The molecule has 0 radical (unpaired) electrons. The fourth-order valence-electron chi connectivity index (χ4n) is 3.24. The van der Waals surface area contributed by atoms with Crippen LogP contribution in [0.3, 0.4) is 0 Å².